The first-order chi connectivity index (χ1) is 18.0. The molecule has 0 aliphatic heterocycles. The number of hydrogen-bond donors (Lipinski definition) is 2. The van der Waals surface area contributed by atoms with Gasteiger partial charge >= 0.3 is 0 Å². The first-order valence-electron chi connectivity index (χ1n) is 12.4. The van der Waals surface area contributed by atoms with E-state index in [2.05, 4.69) is 49.6 Å². The Hall–Kier alpha value is -3.98. The van der Waals surface area contributed by atoms with Crippen LogP contribution in [-0.2, 0) is 17.8 Å². The van der Waals surface area contributed by atoms with Crippen LogP contribution in [0.15, 0.2) is 71.1 Å². The van der Waals surface area contributed by atoms with Crippen LogP contribution in [0.3, 0.4) is 0 Å². The van der Waals surface area contributed by atoms with Crippen molar-refractivity contribution in [3.8, 4) is 0 Å². The van der Waals surface area contributed by atoms with Crippen molar-refractivity contribution in [3.05, 3.63) is 83.1 Å². The number of rotatable bonds is 7. The van der Waals surface area contributed by atoms with Gasteiger partial charge in [0.25, 0.3) is 0 Å². The number of imidazole rings is 2. The maximum atomic E-state index is 12.7. The first kappa shape index (κ1) is 26.1. The van der Waals surface area contributed by atoms with Crippen molar-refractivity contribution in [2.24, 2.45) is 9.98 Å². The van der Waals surface area contributed by atoms with E-state index >= 15 is 0 Å². The maximum Gasteiger partial charge on any atom is 0.231 e. The van der Waals surface area contributed by atoms with E-state index < -0.39 is 0 Å². The highest BCUT2D eigenvalue weighted by atomic mass is 35.5. The third-order valence-corrected chi connectivity index (χ3v) is 6.07. The second-order valence-electron chi connectivity index (χ2n) is 8.41. The lowest BCUT2D eigenvalue weighted by molar-refractivity contribution is -0.119. The average Bonchev–Trinajstić information content (AvgIpc) is 3.58. The molecule has 1 fully saturated rings. The van der Waals surface area contributed by atoms with Crippen molar-refractivity contribution in [2.75, 3.05) is 0 Å². The summed E-state index contributed by atoms with van der Waals surface area (Å²) in [5.41, 5.74) is 4.47. The summed E-state index contributed by atoms with van der Waals surface area (Å²) in [6.07, 6.45) is 11.9. The molecule has 0 radical (unpaired) electrons. The molecule has 0 aromatic carbocycles. The van der Waals surface area contributed by atoms with Crippen molar-refractivity contribution >= 4 is 41.3 Å². The van der Waals surface area contributed by atoms with Gasteiger partial charge in [-0.1, -0.05) is 31.5 Å². The molecule has 1 aliphatic rings. The Kier molecular flexibility index (Phi) is 8.35. The third-order valence-electron chi connectivity index (χ3n) is 5.83. The van der Waals surface area contributed by atoms with Crippen LogP contribution in [0.1, 0.15) is 56.5 Å². The third kappa shape index (κ3) is 6.42. The summed E-state index contributed by atoms with van der Waals surface area (Å²) in [5, 5.41) is 6.43. The predicted molar refractivity (Wildman–Crippen MR) is 148 cm³/mol. The molecule has 9 nitrogen and oxygen atoms in total. The van der Waals surface area contributed by atoms with E-state index in [9.17, 15) is 4.79 Å². The smallest absolute Gasteiger partial charge is 0.231 e. The molecule has 0 bridgehead atoms. The van der Waals surface area contributed by atoms with E-state index in [-0.39, 0.29) is 18.3 Å². The molecule has 192 valence electrons. The zero-order valence-corrected chi connectivity index (χ0v) is 22.0. The largest absolute Gasteiger partial charge is 0.312 e. The first-order valence-corrected chi connectivity index (χ1v) is 12.7. The zero-order chi connectivity index (χ0) is 26.4. The van der Waals surface area contributed by atoms with Crippen LogP contribution in [-0.4, -0.2) is 37.4 Å². The number of aliphatic imine (C=N–C) groups is 2. The summed E-state index contributed by atoms with van der Waals surface area (Å²) in [7, 11) is 0. The highest BCUT2D eigenvalue weighted by Crippen LogP contribution is 2.39. The number of carbonyl (C=O) groups excluding carboxylic acids is 1. The monoisotopic (exact) mass is 518 g/mol. The van der Waals surface area contributed by atoms with E-state index in [1.165, 1.54) is 18.4 Å². The lowest BCUT2D eigenvalue weighted by Crippen LogP contribution is -2.35. The van der Waals surface area contributed by atoms with Crippen LogP contribution in [0.2, 0.25) is 5.02 Å². The van der Waals surface area contributed by atoms with Crippen LogP contribution in [0.25, 0.3) is 11.2 Å². The summed E-state index contributed by atoms with van der Waals surface area (Å²) in [6, 6.07) is 7.73. The number of nitrogens with one attached hydrogen (secondary N) is 2. The van der Waals surface area contributed by atoms with Gasteiger partial charge in [0, 0.05) is 23.6 Å². The highest BCUT2D eigenvalue weighted by Gasteiger charge is 2.23. The Morgan fingerprint density at radius 2 is 2.03 bits per heavy atom. The fourth-order valence-electron chi connectivity index (χ4n) is 3.88. The second-order valence-corrected chi connectivity index (χ2v) is 8.85. The van der Waals surface area contributed by atoms with E-state index in [0.717, 1.165) is 16.9 Å². The highest BCUT2D eigenvalue weighted by molar-refractivity contribution is 6.30. The van der Waals surface area contributed by atoms with Crippen LogP contribution in [0.4, 0.5) is 0 Å². The van der Waals surface area contributed by atoms with Gasteiger partial charge in [0.15, 0.2) is 0 Å². The van der Waals surface area contributed by atoms with Gasteiger partial charge in [-0.3, -0.25) is 4.79 Å². The molecule has 1 aliphatic carbocycles. The Labute approximate surface area is 221 Å². The lowest BCUT2D eigenvalue weighted by atomic mass is 10.2. The minimum absolute atomic E-state index is 0.0912. The van der Waals surface area contributed by atoms with Crippen LogP contribution >= 0.6 is 11.6 Å². The topological polar surface area (TPSA) is 100 Å². The number of fused-ring (bicyclic) bond motifs is 2. The molecule has 1 saturated carbocycles. The number of amides is 1. The van der Waals surface area contributed by atoms with E-state index in [1.807, 2.05) is 34.9 Å². The molecule has 1 amide bonds. The van der Waals surface area contributed by atoms with Crippen LogP contribution < -0.4 is 10.6 Å². The number of pyridine rings is 2. The molecule has 10 heteroatoms. The number of guanidine groups is 1. The van der Waals surface area contributed by atoms with Gasteiger partial charge < -0.3 is 19.4 Å². The van der Waals surface area contributed by atoms with Gasteiger partial charge in [-0.05, 0) is 62.2 Å². The van der Waals surface area contributed by atoms with Crippen molar-refractivity contribution in [1.82, 2.24) is 29.4 Å². The van der Waals surface area contributed by atoms with Crippen LogP contribution in [0.5, 0.6) is 0 Å². The molecule has 0 atom stereocenters. The summed E-state index contributed by atoms with van der Waals surface area (Å²) >= 11 is 6.09. The van der Waals surface area contributed by atoms with Crippen molar-refractivity contribution < 1.29 is 4.79 Å². The Morgan fingerprint density at radius 1 is 1.22 bits per heavy atom. The minimum atomic E-state index is -0.235. The second kappa shape index (κ2) is 11.8. The predicted octanol–water partition coefficient (Wildman–Crippen LogP) is 4.91. The van der Waals surface area contributed by atoms with Crippen molar-refractivity contribution in [3.63, 3.8) is 0 Å². The van der Waals surface area contributed by atoms with Crippen molar-refractivity contribution in [2.45, 2.75) is 52.5 Å². The molecule has 4 heterocycles. The Bertz CT molecular complexity index is 1480. The SMILES string of the molecule is C=NC(=NCc1cn2cc(C3CC3)ccc2n1)N/C(=C\C)NC(=O)Cc1ncn2ccc(Cl)cc12.CC. The van der Waals surface area contributed by atoms with Gasteiger partial charge in [-0.2, -0.15) is 0 Å². The van der Waals surface area contributed by atoms with Crippen molar-refractivity contribution in [1.29, 1.82) is 0 Å². The number of halogens is 1. The molecular formula is C27H31ClN8O. The molecule has 0 unspecified atom stereocenters. The van der Waals surface area contributed by atoms with Gasteiger partial charge in [-0.15, -0.1) is 0 Å². The molecule has 37 heavy (non-hydrogen) atoms. The quantitative estimate of drug-likeness (QED) is 0.268. The van der Waals surface area contributed by atoms with E-state index in [0.29, 0.717) is 29.0 Å². The minimum Gasteiger partial charge on any atom is -0.312 e. The number of hydrogen-bond acceptors (Lipinski definition) is 4. The summed E-state index contributed by atoms with van der Waals surface area (Å²) in [5.74, 6) is 1.19. The number of nitrogens with zero attached hydrogens (tertiary/aromatic N) is 6. The number of carbonyl (C=O) groups is 1. The normalized spacial score (nSPS) is 13.8. The standard InChI is InChI=1S/C25H25ClN8O.C2H6/c1-3-22(31-24(35)11-20-21-10-18(26)8-9-33(21)15-29-20)32-25(27-2)28-12-19-14-34-13-17(16-4-5-16)6-7-23(34)30-19;1-2/h3,6-10,13-16H,2,4-5,11-12H2,1H3,(H,28,32)(H,31,35);1-2H3/b22-3-;. The zero-order valence-electron chi connectivity index (χ0n) is 21.3. The molecule has 2 N–H and O–H groups in total. The van der Waals surface area contributed by atoms with Gasteiger partial charge in [0.2, 0.25) is 11.9 Å². The number of allylic oxidation sites excluding steroid dienone is 1. The molecule has 0 saturated heterocycles. The fraction of sp³-hybridized carbons (Fsp3) is 0.296. The molecule has 4 aromatic heterocycles. The molecule has 4 aromatic rings. The summed E-state index contributed by atoms with van der Waals surface area (Å²) in [6.45, 7) is 9.72. The molecule has 5 rings (SSSR count). The van der Waals surface area contributed by atoms with Gasteiger partial charge in [0.05, 0.1) is 36.2 Å². The lowest BCUT2D eigenvalue weighted by Gasteiger charge is -2.11. The Morgan fingerprint density at radius 3 is 2.76 bits per heavy atom. The average molecular weight is 519 g/mol. The molecule has 0 spiro atoms. The van der Waals surface area contributed by atoms with E-state index in [1.54, 1.807) is 37.7 Å². The van der Waals surface area contributed by atoms with E-state index in [4.69, 9.17) is 11.6 Å². The van der Waals surface area contributed by atoms with Crippen LogP contribution in [0, 0.1) is 0 Å². The summed E-state index contributed by atoms with van der Waals surface area (Å²) in [4.78, 5) is 30.0. The van der Waals surface area contributed by atoms with Gasteiger partial charge in [0.1, 0.15) is 11.5 Å². The number of aromatic nitrogens is 4. The Balaban J connectivity index is 0.00000156. The fourth-order valence-corrected chi connectivity index (χ4v) is 4.04. The van der Waals surface area contributed by atoms with Gasteiger partial charge in [-0.25, -0.2) is 20.0 Å². The maximum absolute atomic E-state index is 12.7. The summed E-state index contributed by atoms with van der Waals surface area (Å²) < 4.78 is 3.86. The molecular weight excluding hydrogens is 488 g/mol.